The molecule has 0 aromatic rings. The summed E-state index contributed by atoms with van der Waals surface area (Å²) in [4.78, 5) is 0. The van der Waals surface area contributed by atoms with Crippen molar-refractivity contribution < 1.29 is 0 Å². The number of allylic oxidation sites excluding steroid dienone is 1. The highest BCUT2D eigenvalue weighted by Crippen LogP contribution is 2.21. The van der Waals surface area contributed by atoms with Crippen LogP contribution >= 0.6 is 0 Å². The van der Waals surface area contributed by atoms with Crippen LogP contribution in [0.15, 0.2) is 12.2 Å². The van der Waals surface area contributed by atoms with E-state index in [1.54, 1.807) is 0 Å². The van der Waals surface area contributed by atoms with Crippen molar-refractivity contribution in [3.63, 3.8) is 0 Å². The van der Waals surface area contributed by atoms with Gasteiger partial charge in [0.2, 0.25) is 0 Å². The summed E-state index contributed by atoms with van der Waals surface area (Å²) in [6.45, 7) is 9.68. The third kappa shape index (κ3) is 4.55. The molecule has 72 valence electrons. The maximum Gasteiger partial charge on any atom is -0.00462 e. The molecule has 1 nitrogen and oxygen atoms in total. The fourth-order valence-electron chi connectivity index (χ4n) is 1.51. The fourth-order valence-corrected chi connectivity index (χ4v) is 1.51. The molecule has 0 rings (SSSR count). The average molecular weight is 169 g/mol. The summed E-state index contributed by atoms with van der Waals surface area (Å²) < 4.78 is 0. The lowest BCUT2D eigenvalue weighted by atomic mass is 9.91. The minimum Gasteiger partial charge on any atom is -0.320 e. The topological polar surface area (TPSA) is 12.0 Å². The molecule has 1 atom stereocenters. The van der Waals surface area contributed by atoms with Crippen LogP contribution in [0.4, 0.5) is 0 Å². The van der Waals surface area contributed by atoms with E-state index in [0.29, 0.717) is 0 Å². The van der Waals surface area contributed by atoms with Gasteiger partial charge in [0, 0.05) is 0 Å². The summed E-state index contributed by atoms with van der Waals surface area (Å²) in [6, 6.07) is 0. The first-order valence-corrected chi connectivity index (χ1v) is 5.08. The molecule has 12 heavy (non-hydrogen) atoms. The zero-order valence-corrected chi connectivity index (χ0v) is 8.82. The third-order valence-electron chi connectivity index (χ3n) is 2.41. The normalized spacial score (nSPS) is 12.9. The zero-order valence-electron chi connectivity index (χ0n) is 8.82. The first-order valence-electron chi connectivity index (χ1n) is 5.08. The second-order valence-corrected chi connectivity index (χ2v) is 3.39. The van der Waals surface area contributed by atoms with Crippen LogP contribution in [-0.4, -0.2) is 13.6 Å². The van der Waals surface area contributed by atoms with Crippen molar-refractivity contribution in [1.29, 1.82) is 0 Å². The van der Waals surface area contributed by atoms with Crippen LogP contribution in [0.1, 0.15) is 39.5 Å². The van der Waals surface area contributed by atoms with Crippen molar-refractivity contribution in [2.45, 2.75) is 39.5 Å². The van der Waals surface area contributed by atoms with E-state index in [4.69, 9.17) is 0 Å². The highest BCUT2D eigenvalue weighted by molar-refractivity contribution is 4.99. The molecule has 0 saturated carbocycles. The number of rotatable bonds is 7. The van der Waals surface area contributed by atoms with Crippen molar-refractivity contribution in [1.82, 2.24) is 5.32 Å². The van der Waals surface area contributed by atoms with Gasteiger partial charge in [-0.05, 0) is 38.8 Å². The summed E-state index contributed by atoms with van der Waals surface area (Å²) in [5.41, 5.74) is 1.42. The molecule has 0 spiro atoms. The fraction of sp³-hybridized carbons (Fsp3) is 0.818. The molecule has 0 bridgehead atoms. The minimum atomic E-state index is 0.743. The highest BCUT2D eigenvalue weighted by atomic mass is 14.8. The second-order valence-electron chi connectivity index (χ2n) is 3.39. The summed E-state index contributed by atoms with van der Waals surface area (Å²) >= 11 is 0. The molecule has 0 radical (unpaired) electrons. The Labute approximate surface area is 77.2 Å². The Kier molecular flexibility index (Phi) is 7.17. The van der Waals surface area contributed by atoms with E-state index < -0.39 is 0 Å². The maximum absolute atomic E-state index is 4.12. The minimum absolute atomic E-state index is 0.743. The molecular formula is C11H23N. The van der Waals surface area contributed by atoms with E-state index in [0.717, 1.165) is 18.9 Å². The molecule has 0 saturated heterocycles. The van der Waals surface area contributed by atoms with Gasteiger partial charge in [-0.25, -0.2) is 0 Å². The molecule has 0 aromatic heterocycles. The van der Waals surface area contributed by atoms with Crippen molar-refractivity contribution in [3.05, 3.63) is 12.2 Å². The van der Waals surface area contributed by atoms with Gasteiger partial charge in [0.1, 0.15) is 0 Å². The smallest absolute Gasteiger partial charge is 0.00462 e. The molecule has 0 fully saturated rings. The Morgan fingerprint density at radius 2 is 2.00 bits per heavy atom. The molecule has 0 amide bonds. The Morgan fingerprint density at radius 1 is 1.33 bits per heavy atom. The molecule has 1 heteroatoms. The van der Waals surface area contributed by atoms with Crippen molar-refractivity contribution in [2.24, 2.45) is 5.92 Å². The zero-order chi connectivity index (χ0) is 9.40. The number of nitrogens with one attached hydrogen (secondary N) is 1. The van der Waals surface area contributed by atoms with Crippen molar-refractivity contribution in [2.75, 3.05) is 13.6 Å². The van der Waals surface area contributed by atoms with E-state index in [1.165, 1.54) is 24.8 Å². The standard InChI is InChI=1S/C11H23N/c1-5-7-11(8-9-12-4)10(3)6-2/h11-12H,3,5-9H2,1-2,4H3. The van der Waals surface area contributed by atoms with Crippen LogP contribution in [0.25, 0.3) is 0 Å². The lowest BCUT2D eigenvalue weighted by Crippen LogP contribution is -2.14. The first-order chi connectivity index (χ1) is 5.76. The molecule has 0 heterocycles. The molecule has 1 N–H and O–H groups in total. The molecule has 1 unspecified atom stereocenters. The van der Waals surface area contributed by atoms with Crippen LogP contribution in [0.3, 0.4) is 0 Å². The van der Waals surface area contributed by atoms with E-state index >= 15 is 0 Å². The molecule has 0 aliphatic carbocycles. The van der Waals surface area contributed by atoms with E-state index in [1.807, 2.05) is 7.05 Å². The van der Waals surface area contributed by atoms with Gasteiger partial charge < -0.3 is 5.32 Å². The second kappa shape index (κ2) is 7.35. The Balaban J connectivity index is 3.76. The molecular weight excluding hydrogens is 146 g/mol. The van der Waals surface area contributed by atoms with Gasteiger partial charge in [-0.15, -0.1) is 0 Å². The summed E-state index contributed by atoms with van der Waals surface area (Å²) in [5, 5.41) is 3.19. The van der Waals surface area contributed by atoms with E-state index in [9.17, 15) is 0 Å². The van der Waals surface area contributed by atoms with Gasteiger partial charge >= 0.3 is 0 Å². The van der Waals surface area contributed by atoms with E-state index in [2.05, 4.69) is 25.7 Å². The number of hydrogen-bond acceptors (Lipinski definition) is 1. The van der Waals surface area contributed by atoms with Crippen LogP contribution in [-0.2, 0) is 0 Å². The third-order valence-corrected chi connectivity index (χ3v) is 2.41. The first kappa shape index (κ1) is 11.7. The Hall–Kier alpha value is -0.300. The monoisotopic (exact) mass is 169 g/mol. The molecule has 0 aliphatic heterocycles. The lowest BCUT2D eigenvalue weighted by Gasteiger charge is -2.17. The van der Waals surface area contributed by atoms with Gasteiger partial charge in [-0.2, -0.15) is 0 Å². The van der Waals surface area contributed by atoms with Gasteiger partial charge in [0.25, 0.3) is 0 Å². The summed E-state index contributed by atoms with van der Waals surface area (Å²) in [6.07, 6.45) is 4.95. The highest BCUT2D eigenvalue weighted by Gasteiger charge is 2.08. The largest absolute Gasteiger partial charge is 0.320 e. The summed E-state index contributed by atoms with van der Waals surface area (Å²) in [5.74, 6) is 0.743. The quantitative estimate of drug-likeness (QED) is 0.578. The van der Waals surface area contributed by atoms with Crippen LogP contribution in [0.5, 0.6) is 0 Å². The van der Waals surface area contributed by atoms with Gasteiger partial charge in [0.15, 0.2) is 0 Å². The van der Waals surface area contributed by atoms with Crippen LogP contribution in [0.2, 0.25) is 0 Å². The van der Waals surface area contributed by atoms with Crippen LogP contribution < -0.4 is 5.32 Å². The maximum atomic E-state index is 4.12. The van der Waals surface area contributed by atoms with Crippen LogP contribution in [0, 0.1) is 5.92 Å². The predicted molar refractivity (Wildman–Crippen MR) is 56.4 cm³/mol. The van der Waals surface area contributed by atoms with Crippen molar-refractivity contribution >= 4 is 0 Å². The van der Waals surface area contributed by atoms with Gasteiger partial charge in [0.05, 0.1) is 0 Å². The lowest BCUT2D eigenvalue weighted by molar-refractivity contribution is 0.490. The van der Waals surface area contributed by atoms with Gasteiger partial charge in [-0.3, -0.25) is 0 Å². The van der Waals surface area contributed by atoms with Crippen molar-refractivity contribution in [3.8, 4) is 0 Å². The molecule has 0 aliphatic rings. The van der Waals surface area contributed by atoms with E-state index in [-0.39, 0.29) is 0 Å². The predicted octanol–water partition coefficient (Wildman–Crippen LogP) is 2.98. The summed E-state index contributed by atoms with van der Waals surface area (Å²) in [7, 11) is 2.01. The van der Waals surface area contributed by atoms with Gasteiger partial charge in [-0.1, -0.05) is 32.4 Å². The Bertz CT molecular complexity index is 118. The molecule has 0 aromatic carbocycles. The average Bonchev–Trinajstić information content (AvgIpc) is 2.11. The Morgan fingerprint density at radius 3 is 2.42 bits per heavy atom. The number of hydrogen-bond donors (Lipinski definition) is 1. The SMILES string of the molecule is C=C(CC)C(CCC)CCNC.